The molecule has 0 aliphatic rings. The first-order chi connectivity index (χ1) is 7.25. The number of hydrogen-bond acceptors (Lipinski definition) is 1. The van der Waals surface area contributed by atoms with Gasteiger partial charge in [0.1, 0.15) is 0 Å². The van der Waals surface area contributed by atoms with Crippen molar-refractivity contribution in [2.24, 2.45) is 0 Å². The van der Waals surface area contributed by atoms with Crippen LogP contribution in [0.5, 0.6) is 5.75 Å². The van der Waals surface area contributed by atoms with E-state index < -0.39 is 0 Å². The first-order valence-corrected chi connectivity index (χ1v) is 6.56. The summed E-state index contributed by atoms with van der Waals surface area (Å²) in [7, 11) is 0. The molecule has 0 radical (unpaired) electrons. The van der Waals surface area contributed by atoms with E-state index in [0.717, 1.165) is 4.46 Å². The molecule has 0 bridgehead atoms. The van der Waals surface area contributed by atoms with Crippen molar-refractivity contribution in [3.63, 3.8) is 0 Å². The van der Waals surface area contributed by atoms with Gasteiger partial charge in [-0.1, -0.05) is 0 Å². The van der Waals surface area contributed by atoms with Crippen LogP contribution in [-0.4, -0.2) is 20.1 Å². The fraction of sp³-hybridized carbons (Fsp3) is 0. The van der Waals surface area contributed by atoms with Gasteiger partial charge in [0.25, 0.3) is 0 Å². The van der Waals surface area contributed by atoms with Crippen molar-refractivity contribution in [1.82, 2.24) is 0 Å². The summed E-state index contributed by atoms with van der Waals surface area (Å²) in [6.45, 7) is 0. The Bertz CT molecular complexity index is 456. The molecule has 0 unspecified atom stereocenters. The molecule has 2 aromatic rings. The Hall–Kier alpha value is -0.951. The van der Waals surface area contributed by atoms with Crippen LogP contribution in [0.4, 0.5) is 0 Å². The van der Waals surface area contributed by atoms with E-state index in [1.54, 1.807) is 12.1 Å². The molecule has 0 heterocycles. The van der Waals surface area contributed by atoms with Gasteiger partial charge in [0.15, 0.2) is 0 Å². The number of hydrogen-bond donors (Lipinski definition) is 1. The van der Waals surface area contributed by atoms with Gasteiger partial charge in [0.2, 0.25) is 0 Å². The first kappa shape index (κ1) is 10.6. The summed E-state index contributed by atoms with van der Waals surface area (Å²) in [5, 5.41) is 10.3. The molecule has 2 rings (SSSR count). The molecule has 0 spiro atoms. The summed E-state index contributed by atoms with van der Waals surface area (Å²) < 4.78 is 2.20. The van der Waals surface area contributed by atoms with E-state index in [1.807, 2.05) is 24.3 Å². The second kappa shape index (κ2) is 4.71. The van der Waals surface area contributed by atoms with Crippen LogP contribution in [-0.2, 0) is 0 Å². The summed E-state index contributed by atoms with van der Waals surface area (Å²) in [6.07, 6.45) is 0. The average Bonchev–Trinajstić information content (AvgIpc) is 2.24. The van der Waals surface area contributed by atoms with Crippen LogP contribution in [0.2, 0.25) is 5.02 Å². The fourth-order valence-electron chi connectivity index (χ4n) is 1.19. The second-order valence-corrected chi connectivity index (χ2v) is 5.80. The molecule has 76 valence electrons. The third kappa shape index (κ3) is 2.75. The molecule has 0 fully saturated rings. The summed E-state index contributed by atoms with van der Waals surface area (Å²) >= 11 is 5.90. The predicted octanol–water partition coefficient (Wildman–Crippen LogP) is 1.70. The summed E-state index contributed by atoms with van der Waals surface area (Å²) in [5.74, 6) is 0.284. The van der Waals surface area contributed by atoms with Crippen molar-refractivity contribution in [1.29, 1.82) is 0 Å². The number of phenols is 1. The maximum absolute atomic E-state index is 9.68. The molecule has 0 aliphatic carbocycles. The van der Waals surface area contributed by atoms with Crippen LogP contribution in [0.15, 0.2) is 48.5 Å². The Morgan fingerprint density at radius 2 is 1.73 bits per heavy atom. The van der Waals surface area contributed by atoms with Gasteiger partial charge in [-0.3, -0.25) is 0 Å². The average molecular weight is 284 g/mol. The van der Waals surface area contributed by atoms with E-state index in [2.05, 4.69) is 12.1 Å². The van der Waals surface area contributed by atoms with Crippen LogP contribution < -0.4 is 8.92 Å². The van der Waals surface area contributed by atoms with E-state index in [1.165, 1.54) is 4.46 Å². The van der Waals surface area contributed by atoms with Gasteiger partial charge in [-0.25, -0.2) is 0 Å². The fourth-order valence-corrected chi connectivity index (χ4v) is 3.14. The van der Waals surface area contributed by atoms with Crippen molar-refractivity contribution < 1.29 is 5.11 Å². The first-order valence-electron chi connectivity index (χ1n) is 4.47. The molecule has 15 heavy (non-hydrogen) atoms. The van der Waals surface area contributed by atoms with E-state index in [4.69, 9.17) is 11.6 Å². The Balaban J connectivity index is 2.25. The van der Waals surface area contributed by atoms with Crippen molar-refractivity contribution in [2.45, 2.75) is 0 Å². The Morgan fingerprint density at radius 1 is 1.00 bits per heavy atom. The molecule has 3 heteroatoms. The van der Waals surface area contributed by atoms with Crippen LogP contribution >= 0.6 is 11.6 Å². The summed E-state index contributed by atoms with van der Waals surface area (Å²) in [4.78, 5) is 0. The normalized spacial score (nSPS) is 10.2. The van der Waals surface area contributed by atoms with Crippen molar-refractivity contribution in [3.05, 3.63) is 53.6 Å². The number of benzene rings is 2. The summed E-state index contributed by atoms with van der Waals surface area (Å²) in [5.41, 5.74) is 0. The number of halogens is 1. The minimum atomic E-state index is 0.135. The molecular formula is C12H9ClOSe. The Kier molecular flexibility index (Phi) is 3.32. The van der Waals surface area contributed by atoms with Gasteiger partial charge in [0, 0.05) is 0 Å². The molecule has 1 nitrogen and oxygen atoms in total. The predicted molar refractivity (Wildman–Crippen MR) is 64.6 cm³/mol. The van der Waals surface area contributed by atoms with Crippen LogP contribution in [0.3, 0.4) is 0 Å². The van der Waals surface area contributed by atoms with Gasteiger partial charge >= 0.3 is 99.9 Å². The topological polar surface area (TPSA) is 20.2 Å². The molecular weight excluding hydrogens is 275 g/mol. The number of aromatic hydroxyl groups is 1. The second-order valence-electron chi connectivity index (χ2n) is 3.03. The SMILES string of the molecule is Oc1cc(Cl)ccc1[Se]c1ccccc1. The van der Waals surface area contributed by atoms with Crippen LogP contribution in [0.1, 0.15) is 0 Å². The molecule has 0 atom stereocenters. The van der Waals surface area contributed by atoms with E-state index in [9.17, 15) is 5.11 Å². The quantitative estimate of drug-likeness (QED) is 0.832. The standard InChI is InChI=1S/C12H9ClOSe/c13-9-6-7-12(11(14)8-9)15-10-4-2-1-3-5-10/h1-8,14H. The number of rotatable bonds is 2. The zero-order chi connectivity index (χ0) is 10.7. The van der Waals surface area contributed by atoms with Crippen molar-refractivity contribution in [2.75, 3.05) is 0 Å². The third-order valence-electron chi connectivity index (χ3n) is 1.89. The molecule has 1 N–H and O–H groups in total. The van der Waals surface area contributed by atoms with Gasteiger partial charge < -0.3 is 0 Å². The van der Waals surface area contributed by atoms with Crippen LogP contribution in [0.25, 0.3) is 0 Å². The maximum atomic E-state index is 9.68. The van der Waals surface area contributed by atoms with Crippen LogP contribution in [0, 0.1) is 0 Å². The van der Waals surface area contributed by atoms with E-state index >= 15 is 0 Å². The molecule has 0 aliphatic heterocycles. The third-order valence-corrected chi connectivity index (χ3v) is 4.38. The minimum absolute atomic E-state index is 0.135. The molecule has 0 saturated heterocycles. The zero-order valence-corrected chi connectivity index (χ0v) is 10.3. The van der Waals surface area contributed by atoms with Crippen molar-refractivity contribution >= 4 is 35.5 Å². The molecule has 0 aromatic heterocycles. The zero-order valence-electron chi connectivity index (χ0n) is 7.85. The Labute approximate surface area is 99.9 Å². The molecule has 2 aromatic carbocycles. The van der Waals surface area contributed by atoms with Gasteiger partial charge in [-0.05, 0) is 0 Å². The van der Waals surface area contributed by atoms with Gasteiger partial charge in [0.05, 0.1) is 0 Å². The van der Waals surface area contributed by atoms with Gasteiger partial charge in [-0.2, -0.15) is 0 Å². The summed E-state index contributed by atoms with van der Waals surface area (Å²) in [6, 6.07) is 15.4. The van der Waals surface area contributed by atoms with Gasteiger partial charge in [-0.15, -0.1) is 0 Å². The monoisotopic (exact) mass is 284 g/mol. The van der Waals surface area contributed by atoms with E-state index in [0.29, 0.717) is 5.02 Å². The van der Waals surface area contributed by atoms with E-state index in [-0.39, 0.29) is 20.7 Å². The van der Waals surface area contributed by atoms with Crippen molar-refractivity contribution in [3.8, 4) is 5.75 Å². The number of phenolic OH excluding ortho intramolecular Hbond substituents is 1. The molecule has 0 saturated carbocycles. The Morgan fingerprint density at radius 3 is 2.40 bits per heavy atom. The molecule has 0 amide bonds.